The molecular weight excluding hydrogens is 356 g/mol. The van der Waals surface area contributed by atoms with Gasteiger partial charge in [-0.1, -0.05) is 11.6 Å². The Morgan fingerprint density at radius 3 is 3.00 bits per heavy atom. The van der Waals surface area contributed by atoms with Crippen LogP contribution in [0.2, 0.25) is 5.02 Å². The minimum Gasteiger partial charge on any atom is -0.491 e. The molecule has 2 aromatic heterocycles. The standard InChI is InChI=1S/C18H17ClN4O3/c1-26-16-9-20-13(8-15(16)24)18(25)23-6-2-3-14(23)17-21-11-5-4-10(19)7-12(11)22-17/h4-5,7-9,14H,2-3,6H2,1H3,(H,20,24)(H,21,22)/t14-/m1/s1. The number of aromatic nitrogens is 3. The molecule has 0 saturated carbocycles. The predicted molar refractivity (Wildman–Crippen MR) is 97.7 cm³/mol. The van der Waals surface area contributed by atoms with Gasteiger partial charge in [-0.3, -0.25) is 9.59 Å². The van der Waals surface area contributed by atoms with E-state index in [1.54, 1.807) is 11.0 Å². The van der Waals surface area contributed by atoms with E-state index in [2.05, 4.69) is 15.0 Å². The molecule has 0 spiro atoms. The number of imidazole rings is 1. The second kappa shape index (κ2) is 6.49. The molecule has 1 fully saturated rings. The number of fused-ring (bicyclic) bond motifs is 1. The molecule has 26 heavy (non-hydrogen) atoms. The van der Waals surface area contributed by atoms with Crippen LogP contribution in [0.15, 0.2) is 35.3 Å². The third kappa shape index (κ3) is 2.84. The molecule has 3 heterocycles. The third-order valence-corrected chi connectivity index (χ3v) is 4.85. The molecule has 8 heteroatoms. The zero-order valence-corrected chi connectivity index (χ0v) is 14.8. The fourth-order valence-corrected chi connectivity index (χ4v) is 3.52. The highest BCUT2D eigenvalue weighted by Gasteiger charge is 2.33. The summed E-state index contributed by atoms with van der Waals surface area (Å²) in [6.07, 6.45) is 3.08. The maximum Gasteiger partial charge on any atom is 0.271 e. The van der Waals surface area contributed by atoms with E-state index < -0.39 is 0 Å². The number of pyridine rings is 1. The molecule has 0 radical (unpaired) electrons. The molecule has 1 amide bonds. The van der Waals surface area contributed by atoms with E-state index in [0.717, 1.165) is 29.7 Å². The Bertz CT molecular complexity index is 1040. The van der Waals surface area contributed by atoms with E-state index in [0.29, 0.717) is 11.6 Å². The Kier molecular flexibility index (Phi) is 4.16. The van der Waals surface area contributed by atoms with Crippen LogP contribution in [0.3, 0.4) is 0 Å². The van der Waals surface area contributed by atoms with Gasteiger partial charge >= 0.3 is 0 Å². The van der Waals surface area contributed by atoms with Gasteiger partial charge in [-0.2, -0.15) is 0 Å². The number of nitrogens with one attached hydrogen (secondary N) is 2. The number of hydrogen-bond acceptors (Lipinski definition) is 4. The van der Waals surface area contributed by atoms with Gasteiger partial charge in [0.15, 0.2) is 5.75 Å². The lowest BCUT2D eigenvalue weighted by Gasteiger charge is -2.23. The van der Waals surface area contributed by atoms with Gasteiger partial charge in [0, 0.05) is 23.8 Å². The van der Waals surface area contributed by atoms with Crippen LogP contribution in [0, 0.1) is 0 Å². The third-order valence-electron chi connectivity index (χ3n) is 4.62. The van der Waals surface area contributed by atoms with E-state index in [-0.39, 0.29) is 28.8 Å². The number of aromatic amines is 2. The number of rotatable bonds is 3. The zero-order valence-electron chi connectivity index (χ0n) is 14.1. The average molecular weight is 373 g/mol. The van der Waals surface area contributed by atoms with Gasteiger partial charge in [-0.05, 0) is 31.0 Å². The summed E-state index contributed by atoms with van der Waals surface area (Å²) < 4.78 is 4.94. The first-order chi connectivity index (χ1) is 12.6. The molecule has 1 aliphatic rings. The molecule has 4 rings (SSSR count). The minimum atomic E-state index is -0.330. The van der Waals surface area contributed by atoms with E-state index in [9.17, 15) is 9.59 Å². The van der Waals surface area contributed by atoms with Crippen molar-refractivity contribution >= 4 is 28.5 Å². The second-order valence-electron chi connectivity index (χ2n) is 6.22. The summed E-state index contributed by atoms with van der Waals surface area (Å²) in [6.45, 7) is 0.607. The fourth-order valence-electron chi connectivity index (χ4n) is 3.35. The summed E-state index contributed by atoms with van der Waals surface area (Å²) in [5.74, 6) is 0.670. The highest BCUT2D eigenvalue weighted by Crippen LogP contribution is 2.32. The molecule has 134 valence electrons. The van der Waals surface area contributed by atoms with Gasteiger partial charge in [-0.15, -0.1) is 0 Å². The summed E-state index contributed by atoms with van der Waals surface area (Å²) in [5.41, 5.74) is 1.55. The number of H-pyrrole nitrogens is 2. The normalized spacial score (nSPS) is 17.0. The van der Waals surface area contributed by atoms with Crippen LogP contribution in [-0.4, -0.2) is 39.4 Å². The smallest absolute Gasteiger partial charge is 0.271 e. The molecule has 0 unspecified atom stereocenters. The quantitative estimate of drug-likeness (QED) is 0.739. The van der Waals surface area contributed by atoms with E-state index in [4.69, 9.17) is 16.3 Å². The fraction of sp³-hybridized carbons (Fsp3) is 0.278. The number of halogens is 1. The lowest BCUT2D eigenvalue weighted by atomic mass is 10.2. The van der Waals surface area contributed by atoms with Gasteiger partial charge in [-0.25, -0.2) is 4.98 Å². The number of carbonyl (C=O) groups is 1. The minimum absolute atomic E-state index is 0.167. The van der Waals surface area contributed by atoms with Crippen LogP contribution in [-0.2, 0) is 0 Å². The summed E-state index contributed by atoms with van der Waals surface area (Å²) in [4.78, 5) is 37.3. The Labute approximate surface area is 154 Å². The number of nitrogens with zero attached hydrogens (tertiary/aromatic N) is 2. The van der Waals surface area contributed by atoms with Crippen LogP contribution in [0.1, 0.15) is 35.2 Å². The van der Waals surface area contributed by atoms with Crippen LogP contribution >= 0.6 is 11.6 Å². The molecule has 3 aromatic rings. The number of likely N-dealkylation sites (tertiary alicyclic amines) is 1. The number of amides is 1. The van der Waals surface area contributed by atoms with Crippen molar-refractivity contribution in [2.24, 2.45) is 0 Å². The zero-order chi connectivity index (χ0) is 18.3. The van der Waals surface area contributed by atoms with Crippen LogP contribution < -0.4 is 10.2 Å². The van der Waals surface area contributed by atoms with Crippen molar-refractivity contribution in [3.63, 3.8) is 0 Å². The summed E-state index contributed by atoms with van der Waals surface area (Å²) in [6, 6.07) is 6.55. The lowest BCUT2D eigenvalue weighted by molar-refractivity contribution is 0.0724. The maximum atomic E-state index is 12.9. The predicted octanol–water partition coefficient (Wildman–Crippen LogP) is 2.89. The molecule has 1 atom stereocenters. The molecule has 2 N–H and O–H groups in total. The number of hydrogen-bond donors (Lipinski definition) is 2. The molecule has 1 aliphatic heterocycles. The van der Waals surface area contributed by atoms with Gasteiger partial charge in [0.1, 0.15) is 11.5 Å². The number of carbonyl (C=O) groups excluding carboxylic acids is 1. The van der Waals surface area contributed by atoms with Gasteiger partial charge in [0.05, 0.1) is 24.2 Å². The summed E-state index contributed by atoms with van der Waals surface area (Å²) in [7, 11) is 1.41. The first-order valence-electron chi connectivity index (χ1n) is 8.29. The highest BCUT2D eigenvalue weighted by molar-refractivity contribution is 6.31. The van der Waals surface area contributed by atoms with Crippen LogP contribution in [0.5, 0.6) is 5.75 Å². The Balaban J connectivity index is 1.66. The monoisotopic (exact) mass is 372 g/mol. The van der Waals surface area contributed by atoms with Crippen molar-refractivity contribution in [1.82, 2.24) is 19.9 Å². The highest BCUT2D eigenvalue weighted by atomic mass is 35.5. The molecule has 7 nitrogen and oxygen atoms in total. The Morgan fingerprint density at radius 1 is 1.38 bits per heavy atom. The number of benzene rings is 1. The van der Waals surface area contributed by atoms with Crippen molar-refractivity contribution in [2.45, 2.75) is 18.9 Å². The van der Waals surface area contributed by atoms with Gasteiger partial charge in [0.25, 0.3) is 5.91 Å². The Morgan fingerprint density at radius 2 is 2.23 bits per heavy atom. The first-order valence-corrected chi connectivity index (χ1v) is 8.67. The van der Waals surface area contributed by atoms with Crippen molar-refractivity contribution in [2.75, 3.05) is 13.7 Å². The summed E-state index contributed by atoms with van der Waals surface area (Å²) in [5, 5.41) is 0.628. The van der Waals surface area contributed by atoms with E-state index >= 15 is 0 Å². The van der Waals surface area contributed by atoms with E-state index in [1.807, 2.05) is 12.1 Å². The largest absolute Gasteiger partial charge is 0.491 e. The lowest BCUT2D eigenvalue weighted by Crippen LogP contribution is -2.32. The molecule has 1 aromatic carbocycles. The van der Waals surface area contributed by atoms with Crippen molar-refractivity contribution in [1.29, 1.82) is 0 Å². The van der Waals surface area contributed by atoms with Crippen molar-refractivity contribution in [3.8, 4) is 5.75 Å². The van der Waals surface area contributed by atoms with Crippen molar-refractivity contribution < 1.29 is 9.53 Å². The molecular formula is C18H17ClN4O3. The van der Waals surface area contributed by atoms with Gasteiger partial charge in [0.2, 0.25) is 5.43 Å². The maximum absolute atomic E-state index is 12.9. The van der Waals surface area contributed by atoms with E-state index in [1.165, 1.54) is 19.4 Å². The molecule has 0 bridgehead atoms. The number of methoxy groups -OCH3 is 1. The SMILES string of the molecule is COc1c[nH]c(C(=O)N2CCC[C@@H]2c2nc3ccc(Cl)cc3[nH]2)cc1=O. The van der Waals surface area contributed by atoms with Crippen molar-refractivity contribution in [3.05, 3.63) is 57.2 Å². The summed E-state index contributed by atoms with van der Waals surface area (Å²) >= 11 is 6.03. The van der Waals surface area contributed by atoms with Crippen LogP contribution in [0.4, 0.5) is 0 Å². The molecule has 1 saturated heterocycles. The topological polar surface area (TPSA) is 91.1 Å². The second-order valence-corrected chi connectivity index (χ2v) is 6.66. The average Bonchev–Trinajstić information content (AvgIpc) is 3.27. The molecule has 0 aliphatic carbocycles. The van der Waals surface area contributed by atoms with Crippen LogP contribution in [0.25, 0.3) is 11.0 Å². The number of ether oxygens (including phenoxy) is 1. The Hall–Kier alpha value is -2.80. The van der Waals surface area contributed by atoms with Gasteiger partial charge < -0.3 is 19.6 Å². The first kappa shape index (κ1) is 16.7.